The first-order valence-corrected chi connectivity index (χ1v) is 6.32. The minimum atomic E-state index is 0.407. The van der Waals surface area contributed by atoms with Crippen LogP contribution < -0.4 is 5.32 Å². The highest BCUT2D eigenvalue weighted by atomic mass is 16.5. The molecule has 2 heterocycles. The maximum Gasteiger partial charge on any atom is 0.0674 e. The van der Waals surface area contributed by atoms with Crippen LogP contribution in [0.3, 0.4) is 0 Å². The summed E-state index contributed by atoms with van der Waals surface area (Å²) in [6.07, 6.45) is 2.94. The van der Waals surface area contributed by atoms with Crippen LogP contribution >= 0.6 is 0 Å². The van der Waals surface area contributed by atoms with E-state index in [4.69, 9.17) is 4.74 Å². The molecule has 3 heteroatoms. The lowest BCUT2D eigenvalue weighted by Crippen LogP contribution is -2.50. The molecule has 2 aliphatic rings. The molecule has 0 aliphatic carbocycles. The molecule has 2 rings (SSSR count). The lowest BCUT2D eigenvalue weighted by molar-refractivity contribution is 0.0553. The Labute approximate surface area is 93.2 Å². The second kappa shape index (κ2) is 5.28. The van der Waals surface area contributed by atoms with Crippen molar-refractivity contribution in [2.24, 2.45) is 5.92 Å². The Bertz CT molecular complexity index is 198. The maximum atomic E-state index is 5.69. The summed E-state index contributed by atoms with van der Waals surface area (Å²) in [5.74, 6) is 0.822. The van der Waals surface area contributed by atoms with Crippen LogP contribution in [0.1, 0.15) is 26.7 Å². The van der Waals surface area contributed by atoms with Gasteiger partial charge in [-0.2, -0.15) is 0 Å². The van der Waals surface area contributed by atoms with E-state index < -0.39 is 0 Å². The van der Waals surface area contributed by atoms with E-state index in [1.165, 1.54) is 25.9 Å². The molecule has 0 aromatic carbocycles. The number of hydrogen-bond acceptors (Lipinski definition) is 3. The lowest BCUT2D eigenvalue weighted by atomic mass is 9.96. The molecule has 2 fully saturated rings. The molecule has 0 amide bonds. The van der Waals surface area contributed by atoms with Crippen molar-refractivity contribution in [3.8, 4) is 0 Å². The fourth-order valence-electron chi connectivity index (χ4n) is 2.76. The van der Waals surface area contributed by atoms with Gasteiger partial charge in [0.15, 0.2) is 0 Å². The Morgan fingerprint density at radius 2 is 2.13 bits per heavy atom. The zero-order valence-electron chi connectivity index (χ0n) is 10.0. The van der Waals surface area contributed by atoms with E-state index in [2.05, 4.69) is 24.1 Å². The van der Waals surface area contributed by atoms with E-state index >= 15 is 0 Å². The summed E-state index contributed by atoms with van der Waals surface area (Å²) in [4.78, 5) is 2.63. The highest BCUT2D eigenvalue weighted by Crippen LogP contribution is 2.18. The predicted molar refractivity (Wildman–Crippen MR) is 62.0 cm³/mol. The Morgan fingerprint density at radius 3 is 2.93 bits per heavy atom. The fraction of sp³-hybridized carbons (Fsp3) is 1.00. The quantitative estimate of drug-likeness (QED) is 0.704. The molecule has 2 aliphatic heterocycles. The van der Waals surface area contributed by atoms with Crippen molar-refractivity contribution in [1.29, 1.82) is 0 Å². The number of ether oxygens (including phenoxy) is 1. The molecule has 3 nitrogen and oxygen atoms in total. The smallest absolute Gasteiger partial charge is 0.0674 e. The SMILES string of the molecule is CC1CNCC(N2CCCOC(C)C2)C1. The average Bonchev–Trinajstić information content (AvgIpc) is 2.43. The summed E-state index contributed by atoms with van der Waals surface area (Å²) in [6.45, 7) is 10.2. The van der Waals surface area contributed by atoms with Crippen molar-refractivity contribution in [1.82, 2.24) is 10.2 Å². The molecule has 3 atom stereocenters. The molecule has 15 heavy (non-hydrogen) atoms. The first kappa shape index (κ1) is 11.4. The maximum absolute atomic E-state index is 5.69. The fourth-order valence-corrected chi connectivity index (χ4v) is 2.76. The van der Waals surface area contributed by atoms with Crippen molar-refractivity contribution in [3.63, 3.8) is 0 Å². The summed E-state index contributed by atoms with van der Waals surface area (Å²) in [7, 11) is 0. The Morgan fingerprint density at radius 1 is 1.27 bits per heavy atom. The molecule has 0 saturated carbocycles. The van der Waals surface area contributed by atoms with E-state index in [1.807, 2.05) is 0 Å². The van der Waals surface area contributed by atoms with Gasteiger partial charge in [0.05, 0.1) is 6.10 Å². The van der Waals surface area contributed by atoms with Gasteiger partial charge < -0.3 is 10.1 Å². The Hall–Kier alpha value is -0.120. The van der Waals surface area contributed by atoms with Crippen LogP contribution in [0, 0.1) is 5.92 Å². The van der Waals surface area contributed by atoms with Gasteiger partial charge in [-0.15, -0.1) is 0 Å². The number of rotatable bonds is 1. The monoisotopic (exact) mass is 212 g/mol. The zero-order chi connectivity index (χ0) is 10.7. The van der Waals surface area contributed by atoms with Crippen LogP contribution in [0.2, 0.25) is 0 Å². The Kier molecular flexibility index (Phi) is 4.00. The van der Waals surface area contributed by atoms with Crippen LogP contribution in [-0.4, -0.2) is 49.8 Å². The highest BCUT2D eigenvalue weighted by Gasteiger charge is 2.26. The number of hydrogen-bond donors (Lipinski definition) is 1. The summed E-state index contributed by atoms with van der Waals surface area (Å²) in [5, 5.41) is 3.53. The van der Waals surface area contributed by atoms with Gasteiger partial charge in [-0.3, -0.25) is 4.90 Å². The summed E-state index contributed by atoms with van der Waals surface area (Å²) in [6, 6.07) is 0.734. The van der Waals surface area contributed by atoms with E-state index in [-0.39, 0.29) is 0 Å². The van der Waals surface area contributed by atoms with Crippen LogP contribution in [0.25, 0.3) is 0 Å². The molecule has 0 bridgehead atoms. The van der Waals surface area contributed by atoms with Crippen LogP contribution in [0.4, 0.5) is 0 Å². The van der Waals surface area contributed by atoms with E-state index in [0.29, 0.717) is 6.10 Å². The van der Waals surface area contributed by atoms with E-state index in [0.717, 1.165) is 31.7 Å². The van der Waals surface area contributed by atoms with Gasteiger partial charge in [-0.25, -0.2) is 0 Å². The first-order chi connectivity index (χ1) is 7.25. The van der Waals surface area contributed by atoms with E-state index in [9.17, 15) is 0 Å². The molecular weight excluding hydrogens is 188 g/mol. The van der Waals surface area contributed by atoms with Crippen LogP contribution in [0.15, 0.2) is 0 Å². The van der Waals surface area contributed by atoms with E-state index in [1.54, 1.807) is 0 Å². The number of nitrogens with one attached hydrogen (secondary N) is 1. The minimum Gasteiger partial charge on any atom is -0.377 e. The summed E-state index contributed by atoms with van der Waals surface area (Å²) >= 11 is 0. The van der Waals surface area contributed by atoms with Gasteiger partial charge in [0.2, 0.25) is 0 Å². The third kappa shape index (κ3) is 3.16. The van der Waals surface area contributed by atoms with Gasteiger partial charge in [-0.05, 0) is 32.2 Å². The standard InChI is InChI=1S/C12H24N2O/c1-10-6-12(8-13-7-10)14-4-3-5-15-11(2)9-14/h10-13H,3-9H2,1-2H3. The van der Waals surface area contributed by atoms with Crippen molar-refractivity contribution >= 4 is 0 Å². The van der Waals surface area contributed by atoms with Gasteiger partial charge in [0.25, 0.3) is 0 Å². The molecule has 88 valence electrons. The van der Waals surface area contributed by atoms with Crippen molar-refractivity contribution in [2.75, 3.05) is 32.8 Å². The average molecular weight is 212 g/mol. The number of nitrogens with zero attached hydrogens (tertiary/aromatic N) is 1. The summed E-state index contributed by atoms with van der Waals surface area (Å²) < 4.78 is 5.69. The molecule has 0 spiro atoms. The van der Waals surface area contributed by atoms with Crippen molar-refractivity contribution < 1.29 is 4.74 Å². The second-order valence-electron chi connectivity index (χ2n) is 5.18. The highest BCUT2D eigenvalue weighted by molar-refractivity contribution is 4.83. The molecule has 0 aromatic rings. The normalized spacial score (nSPS) is 40.0. The second-order valence-corrected chi connectivity index (χ2v) is 5.18. The van der Waals surface area contributed by atoms with Gasteiger partial charge in [-0.1, -0.05) is 6.92 Å². The summed E-state index contributed by atoms with van der Waals surface area (Å²) in [5.41, 5.74) is 0. The minimum absolute atomic E-state index is 0.407. The van der Waals surface area contributed by atoms with Gasteiger partial charge in [0.1, 0.15) is 0 Å². The van der Waals surface area contributed by atoms with Crippen molar-refractivity contribution in [3.05, 3.63) is 0 Å². The number of piperidine rings is 1. The molecular formula is C12H24N2O. The van der Waals surface area contributed by atoms with Gasteiger partial charge in [0, 0.05) is 32.3 Å². The molecule has 0 aromatic heterocycles. The predicted octanol–water partition coefficient (Wildman–Crippen LogP) is 1.10. The first-order valence-electron chi connectivity index (χ1n) is 6.32. The molecule has 2 saturated heterocycles. The topological polar surface area (TPSA) is 24.5 Å². The Balaban J connectivity index is 1.89. The van der Waals surface area contributed by atoms with Crippen LogP contribution in [-0.2, 0) is 4.74 Å². The third-order valence-electron chi connectivity index (χ3n) is 3.55. The van der Waals surface area contributed by atoms with Crippen molar-refractivity contribution in [2.45, 2.75) is 38.8 Å². The van der Waals surface area contributed by atoms with Crippen LogP contribution in [0.5, 0.6) is 0 Å². The molecule has 3 unspecified atom stereocenters. The lowest BCUT2D eigenvalue weighted by Gasteiger charge is -2.37. The zero-order valence-corrected chi connectivity index (χ0v) is 10.0. The van der Waals surface area contributed by atoms with Gasteiger partial charge >= 0.3 is 0 Å². The molecule has 1 N–H and O–H groups in total. The third-order valence-corrected chi connectivity index (χ3v) is 3.55. The molecule has 0 radical (unpaired) electrons. The largest absolute Gasteiger partial charge is 0.377 e.